The number of ether oxygens (including phenoxy) is 4. The average Bonchev–Trinajstić information content (AvgIpc) is 3.13. The van der Waals surface area contributed by atoms with Crippen molar-refractivity contribution >= 4 is 16.8 Å². The molecule has 11 heteroatoms. The smallest absolute Gasteiger partial charge is 0.280 e. The van der Waals surface area contributed by atoms with Crippen molar-refractivity contribution in [2.75, 3.05) is 38.0 Å². The molecule has 2 aromatic rings. The molecule has 0 bridgehead atoms. The maximum absolute atomic E-state index is 13.9. The van der Waals surface area contributed by atoms with E-state index >= 15 is 0 Å². The Labute approximate surface area is 319 Å². The van der Waals surface area contributed by atoms with Gasteiger partial charge in [-0.15, -0.1) is 0 Å². The van der Waals surface area contributed by atoms with Gasteiger partial charge in [0.05, 0.1) is 74.4 Å². The molecule has 1 aromatic heterocycles. The van der Waals surface area contributed by atoms with Crippen LogP contribution in [0.15, 0.2) is 29.1 Å². The number of carbonyl (C=O) groups is 1. The fourth-order valence-electron chi connectivity index (χ4n) is 6.25. The number of aliphatic hydroxyl groups excluding tert-OH is 2. The molecule has 0 fully saturated rings. The van der Waals surface area contributed by atoms with E-state index in [-0.39, 0.29) is 49.8 Å². The lowest BCUT2D eigenvalue weighted by atomic mass is 10.0. The van der Waals surface area contributed by atoms with Crippen molar-refractivity contribution in [1.29, 1.82) is 0 Å². The normalized spacial score (nSPS) is 15.3. The third-order valence-electron chi connectivity index (χ3n) is 9.41. The van der Waals surface area contributed by atoms with E-state index in [0.717, 1.165) is 19.3 Å². The third kappa shape index (κ3) is 19.1. The molecule has 0 aliphatic heterocycles. The number of fused-ring (bicyclic) bond motifs is 1. The quantitative estimate of drug-likeness (QED) is 0.0742. The van der Waals surface area contributed by atoms with Crippen LogP contribution in [-0.4, -0.2) is 89.3 Å². The van der Waals surface area contributed by atoms with Crippen LogP contribution in [0.25, 0.3) is 10.9 Å². The number of hydrogen-bond donors (Lipinski definition) is 2. The molecule has 11 nitrogen and oxygen atoms in total. The predicted octanol–water partition coefficient (Wildman–Crippen LogP) is 7.79. The Balaban J connectivity index is 1.90. The van der Waals surface area contributed by atoms with Gasteiger partial charge >= 0.3 is 0 Å². The molecule has 53 heavy (non-hydrogen) atoms. The van der Waals surface area contributed by atoms with Crippen molar-refractivity contribution in [3.8, 4) is 0 Å². The van der Waals surface area contributed by atoms with Crippen LogP contribution in [0.2, 0.25) is 0 Å². The second-order valence-electron chi connectivity index (χ2n) is 15.0. The van der Waals surface area contributed by atoms with Crippen LogP contribution in [0, 0.1) is 0 Å². The number of aromatic nitrogens is 2. The van der Waals surface area contributed by atoms with E-state index in [1.54, 1.807) is 25.1 Å². The average molecular weight is 748 g/mol. The van der Waals surface area contributed by atoms with Crippen LogP contribution in [0.1, 0.15) is 157 Å². The fraction of sp³-hybridized carbons (Fsp3) is 0.786. The Hall–Kier alpha value is -2.41. The van der Waals surface area contributed by atoms with Gasteiger partial charge in [-0.2, -0.15) is 4.68 Å². The lowest BCUT2D eigenvalue weighted by Gasteiger charge is -2.30. The summed E-state index contributed by atoms with van der Waals surface area (Å²) in [5, 5.41) is 22.5. The Kier molecular flexibility index (Phi) is 24.0. The van der Waals surface area contributed by atoms with Gasteiger partial charge in [0.25, 0.3) is 5.56 Å². The first kappa shape index (κ1) is 46.7. The Morgan fingerprint density at radius 3 is 1.64 bits per heavy atom. The van der Waals surface area contributed by atoms with E-state index < -0.39 is 23.9 Å². The Bertz CT molecular complexity index is 1320. The van der Waals surface area contributed by atoms with Crippen molar-refractivity contribution in [1.82, 2.24) is 9.66 Å². The first-order chi connectivity index (χ1) is 25.4. The molecule has 1 heterocycles. The summed E-state index contributed by atoms with van der Waals surface area (Å²) in [5.74, 6) is -0.187. The summed E-state index contributed by atoms with van der Waals surface area (Å²) >= 11 is 0. The molecule has 2 rings (SSSR count). The molecule has 0 radical (unpaired) electrons. The first-order valence-corrected chi connectivity index (χ1v) is 20.6. The molecule has 6 unspecified atom stereocenters. The second kappa shape index (κ2) is 27.2. The van der Waals surface area contributed by atoms with Gasteiger partial charge in [-0.3, -0.25) is 9.59 Å². The molecular formula is C42H73N3O8. The highest BCUT2D eigenvalue weighted by Crippen LogP contribution is 2.21. The SMILES string of the molecule is CCCCCCCCCCCCCCCCC(O)c1nc2ccccc2c(=O)n1N(CC(C)OCC(C)OCC(C)OCC(C)OCC(C)O)C(C)=O. The molecule has 1 amide bonds. The fourth-order valence-corrected chi connectivity index (χ4v) is 6.25. The van der Waals surface area contributed by atoms with Crippen LogP contribution in [0.5, 0.6) is 0 Å². The maximum atomic E-state index is 13.9. The van der Waals surface area contributed by atoms with Crippen molar-refractivity contribution in [3.05, 3.63) is 40.4 Å². The van der Waals surface area contributed by atoms with Gasteiger partial charge in [-0.05, 0) is 53.2 Å². The monoisotopic (exact) mass is 748 g/mol. The minimum atomic E-state index is -1.01. The number of benzene rings is 1. The standard InChI is InChI=1S/C42H73N3O8/c1-8-9-10-11-12-13-14-15-16-17-18-19-20-21-26-40(48)41-43-39-25-23-22-24-38(39)42(49)45(41)44(37(7)47)27-33(3)51-29-35(5)53-31-36(6)52-30-34(4)50-28-32(2)46/h22-25,32-36,40,46,48H,8-21,26-31H2,1-7H3. The minimum absolute atomic E-state index is 0.0877. The Morgan fingerprint density at radius 1 is 0.698 bits per heavy atom. The molecule has 0 spiro atoms. The van der Waals surface area contributed by atoms with Gasteiger partial charge in [0.1, 0.15) is 6.10 Å². The molecular weight excluding hydrogens is 674 g/mol. The van der Waals surface area contributed by atoms with Gasteiger partial charge in [-0.1, -0.05) is 109 Å². The number of rotatable bonds is 31. The molecule has 2 N–H and O–H groups in total. The molecule has 1 aromatic carbocycles. The zero-order valence-electron chi connectivity index (χ0n) is 34.1. The second-order valence-corrected chi connectivity index (χ2v) is 15.0. The van der Waals surface area contributed by atoms with Gasteiger partial charge in [-0.25, -0.2) is 9.99 Å². The highest BCUT2D eigenvalue weighted by atomic mass is 16.6. The lowest BCUT2D eigenvalue weighted by molar-refractivity contribution is -0.119. The summed E-state index contributed by atoms with van der Waals surface area (Å²) in [5.41, 5.74) is 0.0896. The Morgan fingerprint density at radius 2 is 1.15 bits per heavy atom. The van der Waals surface area contributed by atoms with Crippen LogP contribution in [0.4, 0.5) is 0 Å². The third-order valence-corrected chi connectivity index (χ3v) is 9.41. The zero-order chi connectivity index (χ0) is 39.0. The number of hydrogen-bond acceptors (Lipinski definition) is 9. The van der Waals surface area contributed by atoms with E-state index in [1.807, 2.05) is 33.8 Å². The number of nitrogens with zero attached hydrogens (tertiary/aromatic N) is 3. The molecule has 304 valence electrons. The largest absolute Gasteiger partial charge is 0.391 e. The molecule has 0 saturated heterocycles. The maximum Gasteiger partial charge on any atom is 0.280 e. The van der Waals surface area contributed by atoms with Crippen molar-refractivity contribution < 1.29 is 34.0 Å². The van der Waals surface area contributed by atoms with Crippen molar-refractivity contribution in [2.24, 2.45) is 0 Å². The van der Waals surface area contributed by atoms with Gasteiger partial charge in [0, 0.05) is 6.92 Å². The van der Waals surface area contributed by atoms with E-state index in [2.05, 4.69) is 6.92 Å². The predicted molar refractivity (Wildman–Crippen MR) is 213 cm³/mol. The number of amides is 1. The summed E-state index contributed by atoms with van der Waals surface area (Å²) in [7, 11) is 0. The number of para-hydroxylation sites is 1. The highest BCUT2D eigenvalue weighted by Gasteiger charge is 2.26. The molecule has 0 aliphatic carbocycles. The van der Waals surface area contributed by atoms with Crippen LogP contribution >= 0.6 is 0 Å². The van der Waals surface area contributed by atoms with E-state index in [0.29, 0.717) is 30.5 Å². The molecule has 6 atom stereocenters. The minimum Gasteiger partial charge on any atom is -0.391 e. The zero-order valence-corrected chi connectivity index (χ0v) is 34.1. The number of unbranched alkanes of at least 4 members (excludes halogenated alkanes) is 13. The van der Waals surface area contributed by atoms with Gasteiger partial charge in [0.15, 0.2) is 5.82 Å². The van der Waals surface area contributed by atoms with E-state index in [9.17, 15) is 19.8 Å². The summed E-state index contributed by atoms with van der Waals surface area (Å²) in [6, 6.07) is 7.03. The summed E-state index contributed by atoms with van der Waals surface area (Å²) in [6.07, 6.45) is 15.4. The highest BCUT2D eigenvalue weighted by molar-refractivity contribution is 5.84. The topological polar surface area (TPSA) is 133 Å². The van der Waals surface area contributed by atoms with Crippen LogP contribution < -0.4 is 10.6 Å². The van der Waals surface area contributed by atoms with Gasteiger partial charge < -0.3 is 29.2 Å². The molecule has 0 aliphatic rings. The van der Waals surface area contributed by atoms with Gasteiger partial charge in [0.2, 0.25) is 5.91 Å². The summed E-state index contributed by atoms with van der Waals surface area (Å²) in [6.45, 7) is 14.3. The number of aliphatic hydroxyl groups is 2. The summed E-state index contributed by atoms with van der Waals surface area (Å²) < 4.78 is 24.6. The van der Waals surface area contributed by atoms with E-state index in [1.165, 1.54) is 87.2 Å². The van der Waals surface area contributed by atoms with Crippen molar-refractivity contribution in [3.63, 3.8) is 0 Å². The molecule has 0 saturated carbocycles. The summed E-state index contributed by atoms with van der Waals surface area (Å²) in [4.78, 5) is 31.7. The van der Waals surface area contributed by atoms with Crippen LogP contribution in [0.3, 0.4) is 0 Å². The van der Waals surface area contributed by atoms with Crippen molar-refractivity contribution in [2.45, 2.75) is 181 Å². The number of carbonyl (C=O) groups excluding carboxylic acids is 1. The lowest BCUT2D eigenvalue weighted by Crippen LogP contribution is -2.51. The van der Waals surface area contributed by atoms with E-state index in [4.69, 9.17) is 23.9 Å². The van der Waals surface area contributed by atoms with Crippen LogP contribution in [-0.2, 0) is 23.7 Å². The first-order valence-electron chi connectivity index (χ1n) is 20.6.